The summed E-state index contributed by atoms with van der Waals surface area (Å²) in [5.41, 5.74) is 2.31. The lowest BCUT2D eigenvalue weighted by atomic mass is 10.2. The highest BCUT2D eigenvalue weighted by Crippen LogP contribution is 2.34. The molecule has 0 saturated carbocycles. The Balaban J connectivity index is 1.73. The van der Waals surface area contributed by atoms with E-state index >= 15 is 0 Å². The Morgan fingerprint density at radius 1 is 1.18 bits per heavy atom. The maximum Gasteiger partial charge on any atom is 0.270 e. The summed E-state index contributed by atoms with van der Waals surface area (Å²) >= 11 is 7.33. The van der Waals surface area contributed by atoms with E-state index in [1.807, 2.05) is 49.4 Å². The molecule has 2 aromatic carbocycles. The van der Waals surface area contributed by atoms with Crippen LogP contribution >= 0.6 is 22.9 Å². The number of amides is 1. The van der Waals surface area contributed by atoms with Crippen molar-refractivity contribution < 1.29 is 14.3 Å². The van der Waals surface area contributed by atoms with E-state index < -0.39 is 0 Å². The van der Waals surface area contributed by atoms with Crippen molar-refractivity contribution in [3.63, 3.8) is 0 Å². The first-order valence-corrected chi connectivity index (χ1v) is 10.2. The lowest BCUT2D eigenvalue weighted by molar-refractivity contribution is 0.0949. The Morgan fingerprint density at radius 3 is 2.68 bits per heavy atom. The molecule has 0 fully saturated rings. The van der Waals surface area contributed by atoms with Crippen LogP contribution < -0.4 is 14.8 Å². The minimum Gasteiger partial charge on any atom is -0.493 e. The van der Waals surface area contributed by atoms with Crippen molar-refractivity contribution in [2.75, 3.05) is 13.7 Å². The van der Waals surface area contributed by atoms with Gasteiger partial charge in [-0.3, -0.25) is 4.79 Å². The van der Waals surface area contributed by atoms with Crippen molar-refractivity contribution in [3.05, 3.63) is 64.1 Å². The number of halogens is 1. The standard InChI is InChI=1S/C21H21ClN2O3S/c1-3-10-23-20(25)17-13-28-21(24-17)15-6-9-18(19(11-15)26-2)27-12-14-4-7-16(22)8-5-14/h4-9,11,13H,3,10,12H2,1-2H3,(H,23,25). The maximum atomic E-state index is 12.0. The first-order chi connectivity index (χ1) is 13.6. The van der Waals surface area contributed by atoms with E-state index in [0.29, 0.717) is 35.4 Å². The van der Waals surface area contributed by atoms with E-state index in [1.165, 1.54) is 11.3 Å². The second-order valence-corrected chi connectivity index (χ2v) is 7.37. The zero-order chi connectivity index (χ0) is 19.9. The molecule has 1 aromatic heterocycles. The predicted octanol–water partition coefficient (Wildman–Crippen LogP) is 5.19. The monoisotopic (exact) mass is 416 g/mol. The number of carbonyl (C=O) groups excluding carboxylic acids is 1. The maximum absolute atomic E-state index is 12.0. The molecule has 0 spiro atoms. The molecule has 0 aliphatic carbocycles. The van der Waals surface area contributed by atoms with Gasteiger partial charge in [0.25, 0.3) is 5.91 Å². The summed E-state index contributed by atoms with van der Waals surface area (Å²) in [5.74, 6) is 1.09. The second-order valence-electron chi connectivity index (χ2n) is 6.07. The summed E-state index contributed by atoms with van der Waals surface area (Å²) in [6.07, 6.45) is 0.886. The van der Waals surface area contributed by atoms with Gasteiger partial charge in [-0.15, -0.1) is 11.3 Å². The van der Waals surface area contributed by atoms with Gasteiger partial charge in [0, 0.05) is 22.5 Å². The summed E-state index contributed by atoms with van der Waals surface area (Å²) in [7, 11) is 1.60. The Bertz CT molecular complexity index is 941. The number of nitrogens with zero attached hydrogens (tertiary/aromatic N) is 1. The van der Waals surface area contributed by atoms with E-state index in [1.54, 1.807) is 12.5 Å². The summed E-state index contributed by atoms with van der Waals surface area (Å²) < 4.78 is 11.4. The minimum absolute atomic E-state index is 0.153. The van der Waals surface area contributed by atoms with Crippen molar-refractivity contribution in [1.82, 2.24) is 10.3 Å². The van der Waals surface area contributed by atoms with Crippen LogP contribution in [0.5, 0.6) is 11.5 Å². The van der Waals surface area contributed by atoms with Gasteiger partial charge in [-0.25, -0.2) is 4.98 Å². The molecular weight excluding hydrogens is 396 g/mol. The van der Waals surface area contributed by atoms with Gasteiger partial charge in [0.15, 0.2) is 11.5 Å². The first-order valence-electron chi connectivity index (χ1n) is 8.90. The average molecular weight is 417 g/mol. The Labute approximate surface area is 173 Å². The van der Waals surface area contributed by atoms with Crippen molar-refractivity contribution >= 4 is 28.8 Å². The molecule has 1 N–H and O–H groups in total. The van der Waals surface area contributed by atoms with Crippen LogP contribution in [-0.4, -0.2) is 24.5 Å². The van der Waals surface area contributed by atoms with E-state index in [9.17, 15) is 4.79 Å². The number of aromatic nitrogens is 1. The number of methoxy groups -OCH3 is 1. The number of nitrogens with one attached hydrogen (secondary N) is 1. The number of thiazole rings is 1. The molecule has 0 bridgehead atoms. The van der Waals surface area contributed by atoms with Crippen LogP contribution in [0.25, 0.3) is 10.6 Å². The third-order valence-corrected chi connectivity index (χ3v) is 5.13. The number of hydrogen-bond donors (Lipinski definition) is 1. The number of hydrogen-bond acceptors (Lipinski definition) is 5. The van der Waals surface area contributed by atoms with Crippen molar-refractivity contribution in [2.24, 2.45) is 0 Å². The van der Waals surface area contributed by atoms with Crippen molar-refractivity contribution in [1.29, 1.82) is 0 Å². The molecule has 0 saturated heterocycles. The number of benzene rings is 2. The van der Waals surface area contributed by atoms with E-state index in [4.69, 9.17) is 21.1 Å². The zero-order valence-electron chi connectivity index (χ0n) is 15.7. The third-order valence-electron chi connectivity index (χ3n) is 3.99. The molecule has 0 radical (unpaired) electrons. The number of ether oxygens (including phenoxy) is 2. The smallest absolute Gasteiger partial charge is 0.270 e. The minimum atomic E-state index is -0.153. The molecule has 0 atom stereocenters. The fourth-order valence-corrected chi connectivity index (χ4v) is 3.42. The second kappa shape index (κ2) is 9.57. The molecule has 146 valence electrons. The predicted molar refractivity (Wildman–Crippen MR) is 113 cm³/mol. The topological polar surface area (TPSA) is 60.5 Å². The highest BCUT2D eigenvalue weighted by molar-refractivity contribution is 7.13. The van der Waals surface area contributed by atoms with Gasteiger partial charge in [0.05, 0.1) is 7.11 Å². The normalized spacial score (nSPS) is 10.5. The van der Waals surface area contributed by atoms with Crippen LogP contribution in [0.2, 0.25) is 5.02 Å². The van der Waals surface area contributed by atoms with Gasteiger partial charge in [-0.2, -0.15) is 0 Å². The van der Waals surface area contributed by atoms with Crippen LogP contribution in [0, 0.1) is 0 Å². The molecule has 5 nitrogen and oxygen atoms in total. The zero-order valence-corrected chi connectivity index (χ0v) is 17.3. The molecule has 3 rings (SSSR count). The fraction of sp³-hybridized carbons (Fsp3) is 0.238. The molecular formula is C21H21ClN2O3S. The highest BCUT2D eigenvalue weighted by Gasteiger charge is 2.13. The van der Waals surface area contributed by atoms with Gasteiger partial charge >= 0.3 is 0 Å². The lowest BCUT2D eigenvalue weighted by Crippen LogP contribution is -2.24. The number of rotatable bonds is 8. The average Bonchev–Trinajstić information content (AvgIpc) is 3.22. The van der Waals surface area contributed by atoms with Gasteiger partial charge in [0.2, 0.25) is 0 Å². The van der Waals surface area contributed by atoms with Crippen LogP contribution in [0.1, 0.15) is 29.4 Å². The van der Waals surface area contributed by atoms with Crippen molar-refractivity contribution in [2.45, 2.75) is 20.0 Å². The van der Waals surface area contributed by atoms with E-state index in [-0.39, 0.29) is 5.91 Å². The summed E-state index contributed by atoms with van der Waals surface area (Å²) in [6, 6.07) is 13.1. The molecule has 3 aromatic rings. The highest BCUT2D eigenvalue weighted by atomic mass is 35.5. The quantitative estimate of drug-likeness (QED) is 0.548. The Morgan fingerprint density at radius 2 is 1.96 bits per heavy atom. The molecule has 0 aliphatic rings. The SMILES string of the molecule is CCCNC(=O)c1csc(-c2ccc(OCc3ccc(Cl)cc3)c(OC)c2)n1. The largest absolute Gasteiger partial charge is 0.493 e. The molecule has 1 amide bonds. The lowest BCUT2D eigenvalue weighted by Gasteiger charge is -2.12. The van der Waals surface area contributed by atoms with Crippen LogP contribution in [0.4, 0.5) is 0 Å². The van der Waals surface area contributed by atoms with Crippen molar-refractivity contribution in [3.8, 4) is 22.1 Å². The van der Waals surface area contributed by atoms with Gasteiger partial charge in [-0.1, -0.05) is 30.7 Å². The van der Waals surface area contributed by atoms with Gasteiger partial charge in [-0.05, 0) is 42.3 Å². The molecule has 7 heteroatoms. The Hall–Kier alpha value is -2.57. The molecule has 28 heavy (non-hydrogen) atoms. The molecule has 1 heterocycles. The number of carbonyl (C=O) groups is 1. The summed E-state index contributed by atoms with van der Waals surface area (Å²) in [5, 5.41) is 6.04. The fourth-order valence-electron chi connectivity index (χ4n) is 2.50. The van der Waals surface area contributed by atoms with Crippen LogP contribution in [0.3, 0.4) is 0 Å². The first kappa shape index (κ1) is 20.2. The third kappa shape index (κ3) is 5.03. The van der Waals surface area contributed by atoms with Crippen LogP contribution in [-0.2, 0) is 6.61 Å². The van der Waals surface area contributed by atoms with Gasteiger partial charge < -0.3 is 14.8 Å². The summed E-state index contributed by atoms with van der Waals surface area (Å²) in [4.78, 5) is 16.5. The summed E-state index contributed by atoms with van der Waals surface area (Å²) in [6.45, 7) is 3.06. The van der Waals surface area contributed by atoms with E-state index in [0.717, 1.165) is 22.6 Å². The molecule has 0 aliphatic heterocycles. The van der Waals surface area contributed by atoms with E-state index in [2.05, 4.69) is 10.3 Å². The van der Waals surface area contributed by atoms with Crippen LogP contribution in [0.15, 0.2) is 47.8 Å². The Kier molecular flexibility index (Phi) is 6.90. The molecule has 0 unspecified atom stereocenters. The van der Waals surface area contributed by atoms with Gasteiger partial charge in [0.1, 0.15) is 17.3 Å².